The summed E-state index contributed by atoms with van der Waals surface area (Å²) >= 11 is 2.65. The molecule has 0 spiro atoms. The van der Waals surface area contributed by atoms with Crippen LogP contribution in [0, 0.1) is 0 Å². The van der Waals surface area contributed by atoms with Gasteiger partial charge < -0.3 is 0 Å². The number of hydrazone groups is 2. The molecule has 0 aliphatic carbocycles. The zero-order valence-corrected chi connectivity index (χ0v) is 11.8. The number of hydrogen-bond donors (Lipinski definition) is 2. The molecule has 2 aromatic heterocycles. The highest BCUT2D eigenvalue weighted by Gasteiger charge is 2.04. The monoisotopic (exact) mass is 306 g/mol. The van der Waals surface area contributed by atoms with Crippen molar-refractivity contribution in [2.75, 3.05) is 0 Å². The fourth-order valence-electron chi connectivity index (χ4n) is 1.18. The number of carbonyl (C=O) groups excluding carboxylic acids is 2. The maximum absolute atomic E-state index is 11.5. The van der Waals surface area contributed by atoms with Crippen LogP contribution in [-0.2, 0) is 0 Å². The summed E-state index contributed by atoms with van der Waals surface area (Å²) in [5.74, 6) is -0.570. The van der Waals surface area contributed by atoms with Gasteiger partial charge in [-0.05, 0) is 22.9 Å². The van der Waals surface area contributed by atoms with Gasteiger partial charge in [0.25, 0.3) is 11.8 Å². The van der Waals surface area contributed by atoms with Crippen molar-refractivity contribution in [3.63, 3.8) is 0 Å². The average Bonchev–Trinajstić information content (AvgIpc) is 3.14. The van der Waals surface area contributed by atoms with Crippen molar-refractivity contribution in [2.45, 2.75) is 0 Å². The molecule has 2 amide bonds. The second-order valence-corrected chi connectivity index (χ2v) is 5.29. The SMILES string of the molecule is O=C(NN=CC=NNC(=O)c1cccs1)c1cccs1. The summed E-state index contributed by atoms with van der Waals surface area (Å²) in [4.78, 5) is 24.1. The van der Waals surface area contributed by atoms with Crippen LogP contribution in [0.25, 0.3) is 0 Å². The smallest absolute Gasteiger partial charge is 0.266 e. The molecular weight excluding hydrogens is 296 g/mol. The number of nitrogens with one attached hydrogen (secondary N) is 2. The molecule has 0 aliphatic heterocycles. The summed E-state index contributed by atoms with van der Waals surface area (Å²) in [5.41, 5.74) is 4.68. The molecule has 0 atom stereocenters. The molecule has 2 aromatic rings. The Morgan fingerprint density at radius 2 is 1.35 bits per heavy atom. The zero-order valence-electron chi connectivity index (χ0n) is 10.1. The number of rotatable bonds is 5. The van der Waals surface area contributed by atoms with Crippen LogP contribution in [0.1, 0.15) is 19.3 Å². The molecule has 2 rings (SSSR count). The van der Waals surface area contributed by atoms with Crippen LogP contribution >= 0.6 is 22.7 Å². The van der Waals surface area contributed by atoms with Crippen LogP contribution in [0.5, 0.6) is 0 Å². The Hall–Kier alpha value is -2.32. The molecule has 20 heavy (non-hydrogen) atoms. The third kappa shape index (κ3) is 4.11. The van der Waals surface area contributed by atoms with Crippen molar-refractivity contribution in [3.05, 3.63) is 44.8 Å². The molecule has 6 nitrogen and oxygen atoms in total. The van der Waals surface area contributed by atoms with E-state index in [9.17, 15) is 9.59 Å². The minimum Gasteiger partial charge on any atom is -0.266 e. The fraction of sp³-hybridized carbons (Fsp3) is 0. The third-order valence-corrected chi connectivity index (χ3v) is 3.78. The molecule has 102 valence electrons. The largest absolute Gasteiger partial charge is 0.281 e. The molecule has 0 bridgehead atoms. The van der Waals surface area contributed by atoms with Gasteiger partial charge in [-0.25, -0.2) is 10.9 Å². The minimum atomic E-state index is -0.285. The number of nitrogens with zero attached hydrogens (tertiary/aromatic N) is 2. The maximum Gasteiger partial charge on any atom is 0.281 e. The highest BCUT2D eigenvalue weighted by Crippen LogP contribution is 2.07. The second-order valence-electron chi connectivity index (χ2n) is 3.39. The lowest BCUT2D eigenvalue weighted by molar-refractivity contribution is 0.0950. The lowest BCUT2D eigenvalue weighted by Crippen LogP contribution is -2.17. The molecule has 0 aromatic carbocycles. The number of amides is 2. The van der Waals surface area contributed by atoms with Crippen molar-refractivity contribution in [3.8, 4) is 0 Å². The van der Waals surface area contributed by atoms with Gasteiger partial charge >= 0.3 is 0 Å². The van der Waals surface area contributed by atoms with E-state index in [2.05, 4.69) is 21.1 Å². The van der Waals surface area contributed by atoms with Crippen molar-refractivity contribution in [1.82, 2.24) is 10.9 Å². The van der Waals surface area contributed by atoms with E-state index in [4.69, 9.17) is 0 Å². The van der Waals surface area contributed by atoms with Gasteiger partial charge in [0, 0.05) is 0 Å². The first-order valence-electron chi connectivity index (χ1n) is 5.50. The van der Waals surface area contributed by atoms with Gasteiger partial charge in [-0.2, -0.15) is 10.2 Å². The van der Waals surface area contributed by atoms with Gasteiger partial charge in [0.05, 0.1) is 22.2 Å². The Bertz CT molecular complexity index is 562. The third-order valence-electron chi connectivity index (χ3n) is 2.04. The van der Waals surface area contributed by atoms with Crippen LogP contribution in [0.4, 0.5) is 0 Å². The van der Waals surface area contributed by atoms with E-state index < -0.39 is 0 Å². The Kier molecular flexibility index (Phi) is 5.15. The summed E-state index contributed by atoms with van der Waals surface area (Å²) < 4.78 is 0. The van der Waals surface area contributed by atoms with E-state index >= 15 is 0 Å². The first kappa shape index (κ1) is 14.1. The summed E-state index contributed by atoms with van der Waals surface area (Å²) in [5, 5.41) is 11.0. The standard InChI is InChI=1S/C12H10N4O2S2/c17-11(9-3-1-7-19-9)15-13-5-6-14-16-12(18)10-4-2-8-20-10/h1-8H,(H,15,17)(H,16,18). The van der Waals surface area contributed by atoms with E-state index in [0.717, 1.165) is 0 Å². The second kappa shape index (κ2) is 7.31. The van der Waals surface area contributed by atoms with Gasteiger partial charge in [-0.15, -0.1) is 22.7 Å². The summed E-state index contributed by atoms with van der Waals surface area (Å²) in [6, 6.07) is 6.96. The van der Waals surface area contributed by atoms with Crippen molar-refractivity contribution < 1.29 is 9.59 Å². The Balaban J connectivity index is 1.72. The van der Waals surface area contributed by atoms with E-state index in [0.29, 0.717) is 9.75 Å². The Morgan fingerprint density at radius 1 is 0.900 bits per heavy atom. The quantitative estimate of drug-likeness (QED) is 0.653. The lowest BCUT2D eigenvalue weighted by Gasteiger charge is -1.94. The summed E-state index contributed by atoms with van der Waals surface area (Å²) in [6.45, 7) is 0. The number of thiophene rings is 2. The van der Waals surface area contributed by atoms with E-state index in [1.165, 1.54) is 35.1 Å². The van der Waals surface area contributed by atoms with E-state index in [-0.39, 0.29) is 11.8 Å². The molecule has 0 saturated heterocycles. The lowest BCUT2D eigenvalue weighted by atomic mass is 10.4. The normalized spacial score (nSPS) is 11.0. The number of hydrogen-bond acceptors (Lipinski definition) is 6. The number of carbonyl (C=O) groups is 2. The minimum absolute atomic E-state index is 0.285. The van der Waals surface area contributed by atoms with Crippen molar-refractivity contribution >= 4 is 46.9 Å². The molecule has 0 unspecified atom stereocenters. The molecule has 0 radical (unpaired) electrons. The highest BCUT2D eigenvalue weighted by atomic mass is 32.1. The predicted molar refractivity (Wildman–Crippen MR) is 80.6 cm³/mol. The van der Waals surface area contributed by atoms with Crippen molar-refractivity contribution in [1.29, 1.82) is 0 Å². The summed E-state index contributed by atoms with van der Waals surface area (Å²) in [7, 11) is 0. The maximum atomic E-state index is 11.5. The van der Waals surface area contributed by atoms with Gasteiger partial charge in [-0.3, -0.25) is 9.59 Å². The van der Waals surface area contributed by atoms with Crippen LogP contribution < -0.4 is 10.9 Å². The first-order valence-corrected chi connectivity index (χ1v) is 7.25. The molecular formula is C12H10N4O2S2. The van der Waals surface area contributed by atoms with Crippen LogP contribution in [0.3, 0.4) is 0 Å². The molecule has 8 heteroatoms. The van der Waals surface area contributed by atoms with Crippen LogP contribution in [-0.4, -0.2) is 24.2 Å². The van der Waals surface area contributed by atoms with Crippen molar-refractivity contribution in [2.24, 2.45) is 10.2 Å². The zero-order chi connectivity index (χ0) is 14.2. The molecule has 0 fully saturated rings. The molecule has 2 heterocycles. The van der Waals surface area contributed by atoms with Crippen LogP contribution in [0.2, 0.25) is 0 Å². The topological polar surface area (TPSA) is 82.9 Å². The Morgan fingerprint density at radius 3 is 1.70 bits per heavy atom. The fourth-order valence-corrected chi connectivity index (χ4v) is 2.41. The van der Waals surface area contributed by atoms with Crippen LogP contribution in [0.15, 0.2) is 45.2 Å². The van der Waals surface area contributed by atoms with Gasteiger partial charge in [0.1, 0.15) is 0 Å². The Labute approximate surface area is 122 Å². The summed E-state index contributed by atoms with van der Waals surface area (Å²) in [6.07, 6.45) is 2.56. The molecule has 2 N–H and O–H groups in total. The molecule has 0 saturated carbocycles. The first-order chi connectivity index (χ1) is 9.77. The predicted octanol–water partition coefficient (Wildman–Crippen LogP) is 1.94. The van der Waals surface area contributed by atoms with Gasteiger partial charge in [0.2, 0.25) is 0 Å². The van der Waals surface area contributed by atoms with Gasteiger partial charge in [-0.1, -0.05) is 12.1 Å². The van der Waals surface area contributed by atoms with E-state index in [1.807, 2.05) is 0 Å². The van der Waals surface area contributed by atoms with Gasteiger partial charge in [0.15, 0.2) is 0 Å². The highest BCUT2D eigenvalue weighted by molar-refractivity contribution is 7.12. The molecule has 0 aliphatic rings. The van der Waals surface area contributed by atoms with E-state index in [1.54, 1.807) is 35.0 Å². The average molecular weight is 306 g/mol.